The number of anilines is 1. The zero-order valence-corrected chi connectivity index (χ0v) is 16.1. The lowest BCUT2D eigenvalue weighted by Crippen LogP contribution is -2.26. The molecule has 5 nitrogen and oxygen atoms in total. The Morgan fingerprint density at radius 1 is 1.11 bits per heavy atom. The molecule has 0 spiro atoms. The lowest BCUT2D eigenvalue weighted by Gasteiger charge is -2.16. The molecule has 0 saturated heterocycles. The largest absolute Gasteiger partial charge is 0.321 e. The number of carbonyl (C=O) groups excluding carboxylic acids is 1. The highest BCUT2D eigenvalue weighted by Gasteiger charge is 2.24. The molecule has 8 heteroatoms. The predicted octanol–water partition coefficient (Wildman–Crippen LogP) is 3.96. The minimum absolute atomic E-state index is 0.0650. The zero-order chi connectivity index (χ0) is 19.4. The fourth-order valence-electron chi connectivity index (χ4n) is 2.40. The van der Waals surface area contributed by atoms with E-state index in [1.165, 1.54) is 47.1 Å². The molecule has 0 radical (unpaired) electrons. The number of nitrogens with one attached hydrogen (secondary N) is 1. The summed E-state index contributed by atoms with van der Waals surface area (Å²) >= 11 is 1.04. The number of thiophene rings is 1. The van der Waals surface area contributed by atoms with Crippen molar-refractivity contribution in [2.24, 2.45) is 0 Å². The highest BCUT2D eigenvalue weighted by Crippen LogP contribution is 2.24. The van der Waals surface area contributed by atoms with Crippen molar-refractivity contribution in [3.05, 3.63) is 82.3 Å². The molecule has 0 aliphatic heterocycles. The number of benzene rings is 2. The molecular weight excluding hydrogens is 387 g/mol. The van der Waals surface area contributed by atoms with E-state index in [-0.39, 0.29) is 16.3 Å². The molecule has 0 aliphatic rings. The molecule has 27 heavy (non-hydrogen) atoms. The Bertz CT molecular complexity index is 1030. The van der Waals surface area contributed by atoms with Crippen LogP contribution in [0.25, 0.3) is 0 Å². The highest BCUT2D eigenvalue weighted by molar-refractivity contribution is 7.89. The molecule has 3 rings (SSSR count). The molecule has 1 amide bonds. The molecule has 2 aromatic carbocycles. The maximum Gasteiger partial charge on any atom is 0.265 e. The van der Waals surface area contributed by atoms with E-state index in [0.29, 0.717) is 5.69 Å². The lowest BCUT2D eigenvalue weighted by atomic mass is 10.2. The van der Waals surface area contributed by atoms with Crippen LogP contribution in [0, 0.1) is 5.82 Å². The molecule has 0 aliphatic carbocycles. The summed E-state index contributed by atoms with van der Waals surface area (Å²) in [6.45, 7) is 0.232. The number of amides is 1. The van der Waals surface area contributed by atoms with Gasteiger partial charge in [0.2, 0.25) is 10.0 Å². The Labute approximate surface area is 161 Å². The molecule has 3 aromatic rings. The van der Waals surface area contributed by atoms with Gasteiger partial charge in [-0.25, -0.2) is 12.8 Å². The van der Waals surface area contributed by atoms with Gasteiger partial charge < -0.3 is 5.32 Å². The number of nitrogens with zero attached hydrogens (tertiary/aromatic N) is 1. The van der Waals surface area contributed by atoms with Crippen LogP contribution >= 0.6 is 11.3 Å². The minimum Gasteiger partial charge on any atom is -0.321 e. The maximum absolute atomic E-state index is 12.9. The first-order valence-electron chi connectivity index (χ1n) is 8.02. The van der Waals surface area contributed by atoms with Crippen LogP contribution in [-0.4, -0.2) is 25.7 Å². The van der Waals surface area contributed by atoms with Gasteiger partial charge in [-0.1, -0.05) is 30.3 Å². The van der Waals surface area contributed by atoms with E-state index in [1.807, 2.05) is 30.3 Å². The van der Waals surface area contributed by atoms with E-state index < -0.39 is 21.7 Å². The standard InChI is InChI=1S/C19H17FN2O3S2/c1-22(12-14-5-3-2-4-6-14)27(24,25)17-11-18(26-13-17)19(23)21-16-9-7-15(20)8-10-16/h2-11,13H,12H2,1H3,(H,21,23). The normalized spacial score (nSPS) is 11.5. The summed E-state index contributed by atoms with van der Waals surface area (Å²) < 4.78 is 39.6. The second kappa shape index (κ2) is 7.99. The first kappa shape index (κ1) is 19.2. The molecule has 0 saturated carbocycles. The van der Waals surface area contributed by atoms with Gasteiger partial charge in [0.1, 0.15) is 5.82 Å². The third-order valence-electron chi connectivity index (χ3n) is 3.86. The first-order valence-corrected chi connectivity index (χ1v) is 10.3. The van der Waals surface area contributed by atoms with Crippen LogP contribution in [0.2, 0.25) is 0 Å². The molecule has 0 unspecified atom stereocenters. The molecule has 1 N–H and O–H groups in total. The van der Waals surface area contributed by atoms with Gasteiger partial charge in [0.05, 0.1) is 9.77 Å². The third kappa shape index (κ3) is 4.60. The number of hydrogen-bond donors (Lipinski definition) is 1. The Morgan fingerprint density at radius 3 is 2.44 bits per heavy atom. The van der Waals surface area contributed by atoms with Gasteiger partial charge in [0, 0.05) is 24.7 Å². The van der Waals surface area contributed by atoms with Gasteiger partial charge in [-0.3, -0.25) is 4.79 Å². The van der Waals surface area contributed by atoms with Crippen molar-refractivity contribution in [3.8, 4) is 0 Å². The second-order valence-corrected chi connectivity index (χ2v) is 8.81. The summed E-state index contributed by atoms with van der Waals surface area (Å²) in [7, 11) is -2.22. The van der Waals surface area contributed by atoms with Gasteiger partial charge in [-0.15, -0.1) is 11.3 Å². The monoisotopic (exact) mass is 404 g/mol. The zero-order valence-electron chi connectivity index (χ0n) is 14.4. The average Bonchev–Trinajstić information content (AvgIpc) is 3.15. The van der Waals surface area contributed by atoms with Gasteiger partial charge in [-0.05, 0) is 35.9 Å². The number of halogens is 1. The molecular formula is C19H17FN2O3S2. The Kier molecular flexibility index (Phi) is 5.69. The van der Waals surface area contributed by atoms with Crippen LogP contribution in [0.1, 0.15) is 15.2 Å². The smallest absolute Gasteiger partial charge is 0.265 e. The van der Waals surface area contributed by atoms with Crippen molar-refractivity contribution in [2.45, 2.75) is 11.4 Å². The van der Waals surface area contributed by atoms with E-state index >= 15 is 0 Å². The van der Waals surface area contributed by atoms with Crippen LogP contribution in [0.3, 0.4) is 0 Å². The summed E-state index contributed by atoms with van der Waals surface area (Å²) in [5.41, 5.74) is 1.30. The minimum atomic E-state index is -3.71. The third-order valence-corrected chi connectivity index (χ3v) is 6.72. The van der Waals surface area contributed by atoms with Crippen molar-refractivity contribution in [1.82, 2.24) is 4.31 Å². The number of carbonyl (C=O) groups is 1. The van der Waals surface area contributed by atoms with Gasteiger partial charge in [0.25, 0.3) is 5.91 Å². The SMILES string of the molecule is CN(Cc1ccccc1)S(=O)(=O)c1csc(C(=O)Nc2ccc(F)cc2)c1. The second-order valence-electron chi connectivity index (χ2n) is 5.85. The lowest BCUT2D eigenvalue weighted by molar-refractivity contribution is 0.103. The van der Waals surface area contributed by atoms with Crippen LogP contribution in [0.5, 0.6) is 0 Å². The van der Waals surface area contributed by atoms with Crippen LogP contribution < -0.4 is 5.32 Å². The fraction of sp³-hybridized carbons (Fsp3) is 0.105. The molecule has 140 valence electrons. The van der Waals surface area contributed by atoms with Gasteiger partial charge in [0.15, 0.2) is 0 Å². The number of rotatable bonds is 6. The van der Waals surface area contributed by atoms with Gasteiger partial charge >= 0.3 is 0 Å². The molecule has 0 bridgehead atoms. The molecule has 0 fully saturated rings. The van der Waals surface area contributed by atoms with Crippen molar-refractivity contribution in [3.63, 3.8) is 0 Å². The van der Waals surface area contributed by atoms with Crippen LogP contribution in [0.4, 0.5) is 10.1 Å². The van der Waals surface area contributed by atoms with Crippen molar-refractivity contribution < 1.29 is 17.6 Å². The van der Waals surface area contributed by atoms with E-state index in [4.69, 9.17) is 0 Å². The predicted molar refractivity (Wildman–Crippen MR) is 104 cm³/mol. The Morgan fingerprint density at radius 2 is 1.78 bits per heavy atom. The molecule has 0 atom stereocenters. The summed E-state index contributed by atoms with van der Waals surface area (Å²) in [6.07, 6.45) is 0. The maximum atomic E-state index is 12.9. The summed E-state index contributed by atoms with van der Waals surface area (Å²) in [5.74, 6) is -0.849. The van der Waals surface area contributed by atoms with E-state index in [0.717, 1.165) is 16.9 Å². The van der Waals surface area contributed by atoms with E-state index in [9.17, 15) is 17.6 Å². The topological polar surface area (TPSA) is 66.5 Å². The van der Waals surface area contributed by atoms with Crippen molar-refractivity contribution in [1.29, 1.82) is 0 Å². The van der Waals surface area contributed by atoms with E-state index in [2.05, 4.69) is 5.32 Å². The van der Waals surface area contributed by atoms with Crippen LogP contribution in [0.15, 0.2) is 70.9 Å². The number of sulfonamides is 1. The van der Waals surface area contributed by atoms with Crippen molar-refractivity contribution >= 4 is 33.0 Å². The Hall–Kier alpha value is -2.55. The van der Waals surface area contributed by atoms with Gasteiger partial charge in [-0.2, -0.15) is 4.31 Å². The summed E-state index contributed by atoms with van der Waals surface area (Å²) in [5, 5.41) is 4.06. The quantitative estimate of drug-likeness (QED) is 0.676. The first-order chi connectivity index (χ1) is 12.9. The Balaban J connectivity index is 1.73. The average molecular weight is 404 g/mol. The van der Waals surface area contributed by atoms with Crippen molar-refractivity contribution in [2.75, 3.05) is 12.4 Å². The molecule has 1 heterocycles. The van der Waals surface area contributed by atoms with E-state index in [1.54, 1.807) is 0 Å². The highest BCUT2D eigenvalue weighted by atomic mass is 32.2. The number of hydrogen-bond acceptors (Lipinski definition) is 4. The molecule has 1 aromatic heterocycles. The van der Waals surface area contributed by atoms with Crippen LogP contribution in [-0.2, 0) is 16.6 Å². The fourth-order valence-corrected chi connectivity index (χ4v) is 4.72. The summed E-state index contributed by atoms with van der Waals surface area (Å²) in [4.78, 5) is 12.6. The summed E-state index contributed by atoms with van der Waals surface area (Å²) in [6, 6.07) is 15.9.